The fraction of sp³-hybridized carbons (Fsp3) is 0.200. The molecule has 32 heavy (non-hydrogen) atoms. The Hall–Kier alpha value is -3.51. The van der Waals surface area contributed by atoms with Gasteiger partial charge in [-0.15, -0.1) is 11.3 Å². The van der Waals surface area contributed by atoms with E-state index in [-0.39, 0.29) is 15.8 Å². The van der Waals surface area contributed by atoms with Gasteiger partial charge < -0.3 is 9.80 Å². The zero-order valence-corrected chi connectivity index (χ0v) is 18.4. The quantitative estimate of drug-likeness (QED) is 0.431. The highest BCUT2D eigenvalue weighted by molar-refractivity contribution is 7.94. The van der Waals surface area contributed by atoms with Gasteiger partial charge in [-0.1, -0.05) is 6.07 Å². The number of carbonyl (C=O) groups excluding carboxylic acids is 1. The summed E-state index contributed by atoms with van der Waals surface area (Å²) in [5.41, 5.74) is 0.777. The van der Waals surface area contributed by atoms with Gasteiger partial charge in [0, 0.05) is 43.5 Å². The van der Waals surface area contributed by atoms with Crippen LogP contribution in [0.15, 0.2) is 64.3 Å². The van der Waals surface area contributed by atoms with Crippen LogP contribution in [0.1, 0.15) is 10.4 Å². The fourth-order valence-corrected chi connectivity index (χ4v) is 5.35. The van der Waals surface area contributed by atoms with Crippen LogP contribution in [-0.2, 0) is 10.0 Å². The molecule has 3 heterocycles. The average molecular weight is 474 g/mol. The molecule has 4 rings (SSSR count). The first kappa shape index (κ1) is 21.7. The van der Waals surface area contributed by atoms with Crippen LogP contribution in [0.2, 0.25) is 0 Å². The lowest BCUT2D eigenvalue weighted by Crippen LogP contribution is -2.49. The second kappa shape index (κ2) is 8.93. The van der Waals surface area contributed by atoms with Gasteiger partial charge in [-0.05, 0) is 41.8 Å². The summed E-state index contributed by atoms with van der Waals surface area (Å²) >= 11 is 1.13. The second-order valence-electron chi connectivity index (χ2n) is 7.03. The largest absolute Gasteiger partial charge is 0.353 e. The van der Waals surface area contributed by atoms with Crippen molar-refractivity contribution >= 4 is 44.5 Å². The molecule has 0 spiro atoms. The lowest BCUT2D eigenvalue weighted by atomic mass is 10.1. The maximum absolute atomic E-state index is 12.8. The Balaban J connectivity index is 1.35. The molecule has 12 heteroatoms. The van der Waals surface area contributed by atoms with Crippen LogP contribution in [0.25, 0.3) is 0 Å². The number of pyridine rings is 1. The van der Waals surface area contributed by atoms with Gasteiger partial charge in [-0.2, -0.15) is 0 Å². The Morgan fingerprint density at radius 1 is 1.06 bits per heavy atom. The van der Waals surface area contributed by atoms with Crippen molar-refractivity contribution in [1.29, 1.82) is 0 Å². The highest BCUT2D eigenvalue weighted by atomic mass is 32.2. The number of hydrogen-bond acceptors (Lipinski definition) is 8. The molecule has 0 atom stereocenters. The van der Waals surface area contributed by atoms with E-state index in [9.17, 15) is 23.3 Å². The highest BCUT2D eigenvalue weighted by Crippen LogP contribution is 2.22. The van der Waals surface area contributed by atoms with E-state index in [1.165, 1.54) is 18.3 Å². The maximum Gasteiger partial charge on any atom is 0.287 e. The van der Waals surface area contributed by atoms with Gasteiger partial charge in [0.2, 0.25) is 0 Å². The summed E-state index contributed by atoms with van der Waals surface area (Å²) in [7, 11) is -3.64. The van der Waals surface area contributed by atoms with Crippen molar-refractivity contribution in [3.8, 4) is 0 Å². The van der Waals surface area contributed by atoms with Crippen molar-refractivity contribution in [2.24, 2.45) is 0 Å². The van der Waals surface area contributed by atoms with Gasteiger partial charge in [0.15, 0.2) is 0 Å². The molecule has 1 amide bonds. The van der Waals surface area contributed by atoms with Crippen molar-refractivity contribution in [3.05, 3.63) is 75.8 Å². The molecule has 10 nitrogen and oxygen atoms in total. The molecule has 0 radical (unpaired) electrons. The first-order valence-corrected chi connectivity index (χ1v) is 12.0. The number of aromatic nitrogens is 1. The predicted octanol–water partition coefficient (Wildman–Crippen LogP) is 2.81. The lowest BCUT2D eigenvalue weighted by Gasteiger charge is -2.35. The molecule has 166 valence electrons. The SMILES string of the molecule is O=C(c1ccc(NS(=O)(=O)c2cccs2)cc1)N1CCN(c2ccc([N+](=O)[O-])cn2)CC1. The van der Waals surface area contributed by atoms with Crippen LogP contribution in [0, 0.1) is 10.1 Å². The van der Waals surface area contributed by atoms with E-state index in [1.807, 2.05) is 4.90 Å². The molecule has 0 bridgehead atoms. The van der Waals surface area contributed by atoms with Gasteiger partial charge in [0.25, 0.3) is 21.6 Å². The summed E-state index contributed by atoms with van der Waals surface area (Å²) in [6, 6.07) is 12.5. The third-order valence-corrected chi connectivity index (χ3v) is 7.76. The predicted molar refractivity (Wildman–Crippen MR) is 121 cm³/mol. The summed E-state index contributed by atoms with van der Waals surface area (Å²) in [5.74, 6) is 0.485. The summed E-state index contributed by atoms with van der Waals surface area (Å²) in [6.45, 7) is 2.05. The Labute approximate surface area is 188 Å². The third-order valence-electron chi connectivity index (χ3n) is 4.98. The molecule has 3 aromatic rings. The van der Waals surface area contributed by atoms with Crippen molar-refractivity contribution < 1.29 is 18.1 Å². The number of nitro groups is 1. The first-order valence-electron chi connectivity index (χ1n) is 9.64. The van der Waals surface area contributed by atoms with Crippen LogP contribution in [0.5, 0.6) is 0 Å². The number of nitrogens with zero attached hydrogens (tertiary/aromatic N) is 4. The standard InChI is InChI=1S/C20H19N5O5S2/c26-20(15-3-5-16(6-4-15)22-32(29,30)19-2-1-13-31-19)24-11-9-23(10-12-24)18-8-7-17(14-21-18)25(27)28/h1-8,13-14,22H,9-12H2. The molecule has 2 aromatic heterocycles. The Bertz CT molecular complexity index is 1200. The molecule has 0 aliphatic carbocycles. The van der Waals surface area contributed by atoms with Gasteiger partial charge in [-0.25, -0.2) is 13.4 Å². The normalized spacial score (nSPS) is 14.2. The summed E-state index contributed by atoms with van der Waals surface area (Å²) < 4.78 is 27.3. The molecule has 0 unspecified atom stereocenters. The minimum Gasteiger partial charge on any atom is -0.353 e. The molecule has 1 aliphatic rings. The number of benzene rings is 1. The summed E-state index contributed by atoms with van der Waals surface area (Å²) in [4.78, 5) is 30.9. The topological polar surface area (TPSA) is 126 Å². The molecule has 1 aliphatic heterocycles. The number of nitrogens with one attached hydrogen (secondary N) is 1. The molecule has 0 saturated carbocycles. The number of carbonyl (C=O) groups is 1. The molecular formula is C20H19N5O5S2. The fourth-order valence-electron chi connectivity index (χ4n) is 3.30. The maximum atomic E-state index is 12.8. The summed E-state index contributed by atoms with van der Waals surface area (Å²) in [5, 5.41) is 12.4. The van der Waals surface area contributed by atoms with Crippen molar-refractivity contribution in [2.45, 2.75) is 4.21 Å². The van der Waals surface area contributed by atoms with Crippen molar-refractivity contribution in [1.82, 2.24) is 9.88 Å². The van der Waals surface area contributed by atoms with Gasteiger partial charge in [0.05, 0.1) is 4.92 Å². The van der Waals surface area contributed by atoms with E-state index in [2.05, 4.69) is 9.71 Å². The first-order chi connectivity index (χ1) is 15.3. The minimum atomic E-state index is -3.64. The molecule has 1 aromatic carbocycles. The molecular weight excluding hydrogens is 454 g/mol. The minimum absolute atomic E-state index is 0.0660. The van der Waals surface area contributed by atoms with E-state index >= 15 is 0 Å². The number of hydrogen-bond donors (Lipinski definition) is 1. The Kier molecular flexibility index (Phi) is 6.06. The Morgan fingerprint density at radius 2 is 1.78 bits per heavy atom. The van der Waals surface area contributed by atoms with Gasteiger partial charge in [-0.3, -0.25) is 19.6 Å². The van der Waals surface area contributed by atoms with Crippen LogP contribution < -0.4 is 9.62 Å². The number of thiophene rings is 1. The average Bonchev–Trinajstić information content (AvgIpc) is 3.35. The van der Waals surface area contributed by atoms with Crippen LogP contribution >= 0.6 is 11.3 Å². The molecule has 1 fully saturated rings. The number of amides is 1. The van der Waals surface area contributed by atoms with E-state index in [0.29, 0.717) is 43.2 Å². The number of piperazine rings is 1. The lowest BCUT2D eigenvalue weighted by molar-refractivity contribution is -0.385. The van der Waals surface area contributed by atoms with Crippen molar-refractivity contribution in [2.75, 3.05) is 35.8 Å². The zero-order chi connectivity index (χ0) is 22.7. The number of rotatable bonds is 6. The van der Waals surface area contributed by atoms with Crippen molar-refractivity contribution in [3.63, 3.8) is 0 Å². The van der Waals surface area contributed by atoms with E-state index in [1.54, 1.807) is 46.7 Å². The van der Waals surface area contributed by atoms with E-state index < -0.39 is 14.9 Å². The number of sulfonamides is 1. The zero-order valence-electron chi connectivity index (χ0n) is 16.7. The van der Waals surface area contributed by atoms with E-state index in [0.717, 1.165) is 11.3 Å². The smallest absolute Gasteiger partial charge is 0.287 e. The second-order valence-corrected chi connectivity index (χ2v) is 9.88. The third kappa shape index (κ3) is 4.70. The van der Waals surface area contributed by atoms with Crippen LogP contribution in [0.3, 0.4) is 0 Å². The van der Waals surface area contributed by atoms with E-state index in [4.69, 9.17) is 0 Å². The van der Waals surface area contributed by atoms with Crippen LogP contribution in [0.4, 0.5) is 17.2 Å². The molecule has 1 saturated heterocycles. The van der Waals surface area contributed by atoms with Gasteiger partial charge in [0.1, 0.15) is 16.2 Å². The van der Waals surface area contributed by atoms with Gasteiger partial charge >= 0.3 is 0 Å². The monoisotopic (exact) mass is 473 g/mol. The number of anilines is 2. The molecule has 1 N–H and O–H groups in total. The van der Waals surface area contributed by atoms with Crippen LogP contribution in [-0.4, -0.2) is 55.3 Å². The Morgan fingerprint density at radius 3 is 2.34 bits per heavy atom. The highest BCUT2D eigenvalue weighted by Gasteiger charge is 2.23. The summed E-state index contributed by atoms with van der Waals surface area (Å²) in [6.07, 6.45) is 1.22.